The first-order valence-electron chi connectivity index (χ1n) is 14.1. The SMILES string of the molecule is CCCCCCCC[N+](C)(C)CCOC(=O)CCC(=O)OCC[N+](C)(C)CCCCCCCC. The molecule has 0 aliphatic rings. The van der Waals surface area contributed by atoms with Gasteiger partial charge >= 0.3 is 11.9 Å². The molecule has 0 saturated carbocycles. The molecule has 0 fully saturated rings. The molecule has 0 aliphatic heterocycles. The summed E-state index contributed by atoms with van der Waals surface area (Å²) in [6, 6.07) is 0. The van der Waals surface area contributed by atoms with Crippen molar-refractivity contribution in [3.63, 3.8) is 0 Å². The predicted octanol–water partition coefficient (Wildman–Crippen LogP) is 5.73. The Morgan fingerprint density at radius 1 is 0.500 bits per heavy atom. The van der Waals surface area contributed by atoms with Crippen molar-refractivity contribution in [2.24, 2.45) is 0 Å². The van der Waals surface area contributed by atoms with Crippen molar-refractivity contribution in [2.45, 2.75) is 104 Å². The van der Waals surface area contributed by atoms with Gasteiger partial charge in [-0.25, -0.2) is 0 Å². The van der Waals surface area contributed by atoms with E-state index in [4.69, 9.17) is 9.47 Å². The van der Waals surface area contributed by atoms with E-state index in [0.717, 1.165) is 35.1 Å². The molecular formula is C28H58N2O4+2. The summed E-state index contributed by atoms with van der Waals surface area (Å²) >= 11 is 0. The lowest BCUT2D eigenvalue weighted by Crippen LogP contribution is -2.43. The Labute approximate surface area is 211 Å². The molecule has 0 aromatic heterocycles. The summed E-state index contributed by atoms with van der Waals surface area (Å²) in [7, 11) is 8.74. The second kappa shape index (κ2) is 20.1. The first-order chi connectivity index (χ1) is 16.1. The van der Waals surface area contributed by atoms with E-state index in [1.54, 1.807) is 0 Å². The molecule has 0 rings (SSSR count). The van der Waals surface area contributed by atoms with Crippen molar-refractivity contribution in [3.05, 3.63) is 0 Å². The molecule has 0 atom stereocenters. The van der Waals surface area contributed by atoms with Crippen LogP contribution in [0.15, 0.2) is 0 Å². The third kappa shape index (κ3) is 21.4. The number of nitrogens with zero attached hydrogens (tertiary/aromatic N) is 2. The van der Waals surface area contributed by atoms with Crippen LogP contribution in [-0.2, 0) is 19.1 Å². The lowest BCUT2D eigenvalue weighted by Gasteiger charge is -2.29. The lowest BCUT2D eigenvalue weighted by molar-refractivity contribution is -0.890. The largest absolute Gasteiger partial charge is 0.460 e. The molecule has 6 heteroatoms. The normalized spacial score (nSPS) is 12.1. The minimum absolute atomic E-state index is 0.0969. The van der Waals surface area contributed by atoms with Gasteiger partial charge in [-0.3, -0.25) is 9.59 Å². The Kier molecular flexibility index (Phi) is 19.4. The monoisotopic (exact) mass is 486 g/mol. The van der Waals surface area contributed by atoms with Gasteiger partial charge in [-0.05, 0) is 25.7 Å². The summed E-state index contributed by atoms with van der Waals surface area (Å²) in [5.74, 6) is -0.619. The third-order valence-electron chi connectivity index (χ3n) is 6.69. The van der Waals surface area contributed by atoms with E-state index in [-0.39, 0.29) is 24.8 Å². The van der Waals surface area contributed by atoms with Gasteiger partial charge in [-0.2, -0.15) is 0 Å². The lowest BCUT2D eigenvalue weighted by atomic mass is 10.1. The van der Waals surface area contributed by atoms with E-state index in [1.165, 1.54) is 77.0 Å². The Hall–Kier alpha value is -1.14. The number of carbonyl (C=O) groups is 2. The summed E-state index contributed by atoms with van der Waals surface area (Å²) in [6.45, 7) is 9.09. The molecule has 0 saturated heterocycles. The summed E-state index contributed by atoms with van der Waals surface area (Å²) in [6.07, 6.45) is 15.7. The highest BCUT2D eigenvalue weighted by Crippen LogP contribution is 2.10. The van der Waals surface area contributed by atoms with Crippen LogP contribution in [-0.4, -0.2) is 88.5 Å². The third-order valence-corrected chi connectivity index (χ3v) is 6.69. The summed E-state index contributed by atoms with van der Waals surface area (Å²) in [5, 5.41) is 0. The van der Waals surface area contributed by atoms with Gasteiger partial charge in [0.2, 0.25) is 0 Å². The predicted molar refractivity (Wildman–Crippen MR) is 142 cm³/mol. The van der Waals surface area contributed by atoms with Gasteiger partial charge in [-0.15, -0.1) is 0 Å². The standard InChI is InChI=1S/C28H58N2O4/c1-7-9-11-13-15-17-21-29(3,4)23-25-33-27(31)19-20-28(32)34-26-24-30(5,6)22-18-16-14-12-10-8-2/h7-26H2,1-6H3/q+2. The zero-order valence-corrected chi connectivity index (χ0v) is 23.7. The van der Waals surface area contributed by atoms with Crippen LogP contribution in [0, 0.1) is 0 Å². The van der Waals surface area contributed by atoms with Crippen molar-refractivity contribution >= 4 is 11.9 Å². The molecule has 0 heterocycles. The number of quaternary nitrogens is 2. The smallest absolute Gasteiger partial charge is 0.306 e. The minimum Gasteiger partial charge on any atom is -0.460 e. The van der Waals surface area contributed by atoms with E-state index >= 15 is 0 Å². The fourth-order valence-corrected chi connectivity index (χ4v) is 4.03. The van der Waals surface area contributed by atoms with E-state index < -0.39 is 0 Å². The number of hydrogen-bond acceptors (Lipinski definition) is 4. The van der Waals surface area contributed by atoms with Gasteiger partial charge in [0.05, 0.1) is 54.1 Å². The number of likely N-dealkylation sites (N-methyl/N-ethyl adjacent to an activating group) is 2. The summed E-state index contributed by atoms with van der Waals surface area (Å²) in [5.41, 5.74) is 0. The number of ether oxygens (including phenoxy) is 2. The molecule has 6 nitrogen and oxygen atoms in total. The highest BCUT2D eigenvalue weighted by Gasteiger charge is 2.18. The van der Waals surface area contributed by atoms with E-state index in [0.29, 0.717) is 13.2 Å². The molecule has 0 spiro atoms. The molecule has 0 aliphatic carbocycles. The maximum Gasteiger partial charge on any atom is 0.306 e. The molecule has 0 unspecified atom stereocenters. The number of carbonyl (C=O) groups excluding carboxylic acids is 2. The molecular weight excluding hydrogens is 428 g/mol. The van der Waals surface area contributed by atoms with E-state index in [9.17, 15) is 9.59 Å². The number of hydrogen-bond donors (Lipinski definition) is 0. The molecule has 0 bridgehead atoms. The van der Waals surface area contributed by atoms with Crippen LogP contribution in [0.4, 0.5) is 0 Å². The van der Waals surface area contributed by atoms with E-state index in [2.05, 4.69) is 42.0 Å². The van der Waals surface area contributed by atoms with Crippen LogP contribution in [0.25, 0.3) is 0 Å². The minimum atomic E-state index is -0.310. The zero-order chi connectivity index (χ0) is 25.7. The highest BCUT2D eigenvalue weighted by atomic mass is 16.5. The van der Waals surface area contributed by atoms with Gasteiger partial charge in [0.15, 0.2) is 0 Å². The average Bonchev–Trinajstić information content (AvgIpc) is 2.77. The van der Waals surface area contributed by atoms with Crippen LogP contribution < -0.4 is 0 Å². The number of esters is 2. The highest BCUT2D eigenvalue weighted by molar-refractivity contribution is 5.77. The van der Waals surface area contributed by atoms with Gasteiger partial charge in [-0.1, -0.05) is 65.2 Å². The first-order valence-corrected chi connectivity index (χ1v) is 14.1. The van der Waals surface area contributed by atoms with Crippen LogP contribution >= 0.6 is 0 Å². The van der Waals surface area contributed by atoms with Crippen molar-refractivity contribution in [2.75, 3.05) is 67.6 Å². The molecule has 34 heavy (non-hydrogen) atoms. The fourth-order valence-electron chi connectivity index (χ4n) is 4.03. The number of rotatable bonds is 23. The zero-order valence-electron chi connectivity index (χ0n) is 23.7. The van der Waals surface area contributed by atoms with Crippen molar-refractivity contribution < 1.29 is 28.0 Å². The maximum absolute atomic E-state index is 12.0. The second-order valence-corrected chi connectivity index (χ2v) is 11.2. The van der Waals surface area contributed by atoms with Crippen LogP contribution in [0.2, 0.25) is 0 Å². The van der Waals surface area contributed by atoms with Gasteiger partial charge in [0, 0.05) is 0 Å². The Balaban J connectivity index is 3.81. The Bertz CT molecular complexity index is 475. The summed E-state index contributed by atoms with van der Waals surface area (Å²) in [4.78, 5) is 24.0. The molecule has 0 amide bonds. The average molecular weight is 487 g/mol. The first kappa shape index (κ1) is 32.9. The molecule has 0 N–H and O–H groups in total. The van der Waals surface area contributed by atoms with Crippen molar-refractivity contribution in [3.8, 4) is 0 Å². The van der Waals surface area contributed by atoms with Gasteiger partial charge < -0.3 is 18.4 Å². The summed E-state index contributed by atoms with van der Waals surface area (Å²) < 4.78 is 12.4. The Morgan fingerprint density at radius 2 is 0.824 bits per heavy atom. The molecule has 0 aromatic rings. The second-order valence-electron chi connectivity index (χ2n) is 11.2. The fraction of sp³-hybridized carbons (Fsp3) is 0.929. The maximum atomic E-state index is 12.0. The van der Waals surface area contributed by atoms with Crippen LogP contribution in [0.1, 0.15) is 104 Å². The van der Waals surface area contributed by atoms with Crippen LogP contribution in [0.3, 0.4) is 0 Å². The molecule has 0 radical (unpaired) electrons. The number of unbranched alkanes of at least 4 members (excludes halogenated alkanes) is 10. The Morgan fingerprint density at radius 3 is 1.18 bits per heavy atom. The van der Waals surface area contributed by atoms with E-state index in [1.807, 2.05) is 0 Å². The molecule has 0 aromatic carbocycles. The van der Waals surface area contributed by atoms with Crippen molar-refractivity contribution in [1.82, 2.24) is 0 Å². The van der Waals surface area contributed by atoms with Gasteiger partial charge in [0.1, 0.15) is 26.3 Å². The van der Waals surface area contributed by atoms with Crippen molar-refractivity contribution in [1.29, 1.82) is 0 Å². The quantitative estimate of drug-likeness (QED) is 0.105. The van der Waals surface area contributed by atoms with Gasteiger partial charge in [0.25, 0.3) is 0 Å². The molecule has 202 valence electrons. The topological polar surface area (TPSA) is 52.6 Å². The van der Waals surface area contributed by atoms with Crippen LogP contribution in [0.5, 0.6) is 0 Å².